The molecule has 1 aromatic carbocycles. The van der Waals surface area contributed by atoms with Crippen molar-refractivity contribution in [3.8, 4) is 11.4 Å². The maximum atomic E-state index is 13.4. The van der Waals surface area contributed by atoms with Crippen LogP contribution in [0.5, 0.6) is 0 Å². The zero-order chi connectivity index (χ0) is 19.2. The van der Waals surface area contributed by atoms with Crippen LogP contribution in [-0.2, 0) is 16.6 Å². The van der Waals surface area contributed by atoms with Crippen LogP contribution in [-0.4, -0.2) is 33.9 Å². The van der Waals surface area contributed by atoms with Crippen molar-refractivity contribution in [1.82, 2.24) is 14.9 Å². The standard InChI is InChI=1S/C24H29N3O/c1-23(11-5-6-12-23)22(28)27-15-7-13-24(17-27)14-10-19-16-25-21(26-20(19)24)18-8-3-2-4-9-18/h2-4,8-9,16H,5-7,10-15,17H2,1H3. The van der Waals surface area contributed by atoms with Crippen molar-refractivity contribution in [2.24, 2.45) is 5.41 Å². The molecule has 0 N–H and O–H groups in total. The van der Waals surface area contributed by atoms with Crippen LogP contribution in [0.2, 0.25) is 0 Å². The molecule has 1 aliphatic heterocycles. The summed E-state index contributed by atoms with van der Waals surface area (Å²) in [4.78, 5) is 25.2. The number of amides is 1. The lowest BCUT2D eigenvalue weighted by Gasteiger charge is -2.43. The van der Waals surface area contributed by atoms with Crippen LogP contribution in [0.1, 0.15) is 63.1 Å². The molecule has 4 nitrogen and oxygen atoms in total. The van der Waals surface area contributed by atoms with Gasteiger partial charge in [0.25, 0.3) is 0 Å². The van der Waals surface area contributed by atoms with Crippen LogP contribution in [0.4, 0.5) is 0 Å². The Balaban J connectivity index is 1.46. The summed E-state index contributed by atoms with van der Waals surface area (Å²) in [5.74, 6) is 1.20. The SMILES string of the molecule is CC1(C(=O)N2CCCC3(CCc4cnc(-c5ccccc5)nc43)C2)CCCC1. The molecule has 4 heteroatoms. The van der Waals surface area contributed by atoms with Crippen LogP contribution >= 0.6 is 0 Å². The molecule has 2 fully saturated rings. The van der Waals surface area contributed by atoms with Gasteiger partial charge in [0.15, 0.2) is 5.82 Å². The maximum absolute atomic E-state index is 13.4. The lowest BCUT2D eigenvalue weighted by atomic mass is 9.76. The van der Waals surface area contributed by atoms with E-state index in [-0.39, 0.29) is 10.8 Å². The summed E-state index contributed by atoms with van der Waals surface area (Å²) in [5.41, 5.74) is 3.43. The Hall–Kier alpha value is -2.23. The minimum absolute atomic E-state index is 0.0185. The Morgan fingerprint density at radius 2 is 1.82 bits per heavy atom. The summed E-state index contributed by atoms with van der Waals surface area (Å²) in [6, 6.07) is 10.2. The molecular formula is C24H29N3O. The van der Waals surface area contributed by atoms with Crippen LogP contribution in [0.25, 0.3) is 11.4 Å². The minimum atomic E-state index is -0.138. The average Bonchev–Trinajstić information content (AvgIpc) is 3.33. The Morgan fingerprint density at radius 3 is 2.61 bits per heavy atom. The first-order valence-corrected chi connectivity index (χ1v) is 10.8. The fourth-order valence-electron chi connectivity index (χ4n) is 5.72. The van der Waals surface area contributed by atoms with E-state index in [9.17, 15) is 4.79 Å². The Kier molecular flexibility index (Phi) is 4.26. The zero-order valence-electron chi connectivity index (χ0n) is 16.8. The molecule has 0 radical (unpaired) electrons. The molecule has 1 saturated heterocycles. The fourth-order valence-corrected chi connectivity index (χ4v) is 5.72. The van der Waals surface area contributed by atoms with Crippen molar-refractivity contribution in [2.75, 3.05) is 13.1 Å². The molecule has 1 saturated carbocycles. The first kappa shape index (κ1) is 17.8. The quantitative estimate of drug-likeness (QED) is 0.775. The Morgan fingerprint density at radius 1 is 1.04 bits per heavy atom. The smallest absolute Gasteiger partial charge is 0.228 e. The van der Waals surface area contributed by atoms with Gasteiger partial charge in [-0.15, -0.1) is 0 Å². The normalized spacial score (nSPS) is 25.8. The number of piperidine rings is 1. The predicted octanol–water partition coefficient (Wildman–Crippen LogP) is 4.53. The van der Waals surface area contributed by atoms with Gasteiger partial charge >= 0.3 is 0 Å². The van der Waals surface area contributed by atoms with E-state index in [1.54, 1.807) is 0 Å². The number of aryl methyl sites for hydroxylation is 1. The molecule has 146 valence electrons. The highest BCUT2D eigenvalue weighted by Crippen LogP contribution is 2.46. The number of carbonyl (C=O) groups is 1. The second-order valence-electron chi connectivity index (χ2n) is 9.31. The second kappa shape index (κ2) is 6.68. The number of nitrogens with zero attached hydrogens (tertiary/aromatic N) is 3. The molecule has 0 bridgehead atoms. The molecule has 5 rings (SSSR count). The number of hydrogen-bond donors (Lipinski definition) is 0. The molecule has 1 atom stereocenters. The van der Waals surface area contributed by atoms with E-state index in [1.165, 1.54) is 24.1 Å². The lowest BCUT2D eigenvalue weighted by Crippen LogP contribution is -2.51. The molecule has 28 heavy (non-hydrogen) atoms. The topological polar surface area (TPSA) is 46.1 Å². The van der Waals surface area contributed by atoms with Crippen LogP contribution < -0.4 is 0 Å². The van der Waals surface area contributed by atoms with Gasteiger partial charge in [0.05, 0.1) is 5.69 Å². The Bertz CT molecular complexity index is 884. The van der Waals surface area contributed by atoms with Crippen molar-refractivity contribution in [3.05, 3.63) is 47.8 Å². The molecule has 2 aromatic rings. The van der Waals surface area contributed by atoms with Crippen molar-refractivity contribution >= 4 is 5.91 Å². The van der Waals surface area contributed by atoms with Gasteiger partial charge in [0.1, 0.15) is 0 Å². The number of carbonyl (C=O) groups excluding carboxylic acids is 1. The van der Waals surface area contributed by atoms with E-state index in [0.717, 1.165) is 63.0 Å². The first-order chi connectivity index (χ1) is 13.6. The summed E-state index contributed by atoms with van der Waals surface area (Å²) in [6.07, 6.45) is 10.8. The van der Waals surface area contributed by atoms with Crippen molar-refractivity contribution < 1.29 is 4.79 Å². The molecule has 1 aromatic heterocycles. The van der Waals surface area contributed by atoms with E-state index < -0.39 is 0 Å². The van der Waals surface area contributed by atoms with Gasteiger partial charge < -0.3 is 4.90 Å². The van der Waals surface area contributed by atoms with Gasteiger partial charge in [0.2, 0.25) is 5.91 Å². The third kappa shape index (κ3) is 2.85. The Labute approximate surface area is 167 Å². The van der Waals surface area contributed by atoms with Crippen molar-refractivity contribution in [2.45, 2.75) is 63.7 Å². The molecule has 1 spiro atoms. The van der Waals surface area contributed by atoms with E-state index in [2.05, 4.69) is 28.9 Å². The average molecular weight is 376 g/mol. The highest BCUT2D eigenvalue weighted by atomic mass is 16.2. The molecule has 2 heterocycles. The third-order valence-corrected chi connectivity index (χ3v) is 7.36. The number of likely N-dealkylation sites (tertiary alicyclic amines) is 1. The fraction of sp³-hybridized carbons (Fsp3) is 0.542. The largest absolute Gasteiger partial charge is 0.341 e. The highest BCUT2D eigenvalue weighted by Gasteiger charge is 2.47. The molecule has 2 aliphatic carbocycles. The van der Waals surface area contributed by atoms with E-state index in [0.29, 0.717) is 5.91 Å². The van der Waals surface area contributed by atoms with Gasteiger partial charge in [-0.2, -0.15) is 0 Å². The summed E-state index contributed by atoms with van der Waals surface area (Å²) in [6.45, 7) is 3.92. The van der Waals surface area contributed by atoms with Crippen molar-refractivity contribution in [1.29, 1.82) is 0 Å². The van der Waals surface area contributed by atoms with Gasteiger partial charge in [-0.05, 0) is 44.1 Å². The lowest BCUT2D eigenvalue weighted by molar-refractivity contribution is -0.143. The van der Waals surface area contributed by atoms with Crippen LogP contribution in [0, 0.1) is 5.41 Å². The van der Waals surface area contributed by atoms with E-state index in [4.69, 9.17) is 4.98 Å². The number of aromatic nitrogens is 2. The van der Waals surface area contributed by atoms with Crippen molar-refractivity contribution in [3.63, 3.8) is 0 Å². The van der Waals surface area contributed by atoms with E-state index in [1.807, 2.05) is 24.4 Å². The summed E-state index contributed by atoms with van der Waals surface area (Å²) in [5, 5.41) is 0. The molecule has 3 aliphatic rings. The molecule has 1 amide bonds. The first-order valence-electron chi connectivity index (χ1n) is 10.8. The van der Waals surface area contributed by atoms with Crippen LogP contribution in [0.3, 0.4) is 0 Å². The number of hydrogen-bond acceptors (Lipinski definition) is 3. The minimum Gasteiger partial charge on any atom is -0.341 e. The zero-order valence-corrected chi connectivity index (χ0v) is 16.8. The number of fused-ring (bicyclic) bond motifs is 2. The van der Waals surface area contributed by atoms with Crippen LogP contribution in [0.15, 0.2) is 36.5 Å². The number of rotatable bonds is 2. The maximum Gasteiger partial charge on any atom is 0.228 e. The summed E-state index contributed by atoms with van der Waals surface area (Å²) >= 11 is 0. The van der Waals surface area contributed by atoms with E-state index >= 15 is 0 Å². The molecular weight excluding hydrogens is 346 g/mol. The number of benzene rings is 1. The summed E-state index contributed by atoms with van der Waals surface area (Å²) < 4.78 is 0. The second-order valence-corrected chi connectivity index (χ2v) is 9.31. The molecule has 1 unspecified atom stereocenters. The predicted molar refractivity (Wildman–Crippen MR) is 110 cm³/mol. The monoisotopic (exact) mass is 375 g/mol. The summed E-state index contributed by atoms with van der Waals surface area (Å²) in [7, 11) is 0. The highest BCUT2D eigenvalue weighted by molar-refractivity contribution is 5.83. The van der Waals surface area contributed by atoms with Gasteiger partial charge in [0, 0.05) is 35.7 Å². The van der Waals surface area contributed by atoms with Gasteiger partial charge in [-0.1, -0.05) is 50.1 Å². The van der Waals surface area contributed by atoms with Gasteiger partial charge in [-0.3, -0.25) is 4.79 Å². The van der Waals surface area contributed by atoms with Gasteiger partial charge in [-0.25, -0.2) is 9.97 Å². The third-order valence-electron chi connectivity index (χ3n) is 7.36.